The van der Waals surface area contributed by atoms with E-state index >= 15 is 0 Å². The number of esters is 3. The third-order valence-electron chi connectivity index (χ3n) is 5.23. The maximum Gasteiger partial charge on any atom is 0.341 e. The van der Waals surface area contributed by atoms with E-state index in [2.05, 4.69) is 31.7 Å². The van der Waals surface area contributed by atoms with Gasteiger partial charge in [-0.05, 0) is 39.5 Å². The van der Waals surface area contributed by atoms with Gasteiger partial charge in [-0.2, -0.15) is 0 Å². The highest BCUT2D eigenvalue weighted by Gasteiger charge is 2.17. The molecule has 0 unspecified atom stereocenters. The van der Waals surface area contributed by atoms with E-state index in [0.29, 0.717) is 0 Å². The van der Waals surface area contributed by atoms with E-state index in [9.17, 15) is 24.0 Å². The molecule has 2 N–H and O–H groups in total. The van der Waals surface area contributed by atoms with Gasteiger partial charge in [-0.25, -0.2) is 14.4 Å². The molecule has 0 spiro atoms. The van der Waals surface area contributed by atoms with Crippen LogP contribution in [0.1, 0.15) is 105 Å². The SMILES string of the molecule is C=C(CC(=O)O[C@H](C)CCCCCC)C(=O)O.C=C(CC(=O)O[C@H](C)CCCCCC)C(=O)OCC(=O)O. The van der Waals surface area contributed by atoms with Gasteiger partial charge in [0, 0.05) is 11.1 Å². The first-order chi connectivity index (χ1) is 17.8. The summed E-state index contributed by atoms with van der Waals surface area (Å²) in [5.74, 6) is -4.39. The zero-order valence-corrected chi connectivity index (χ0v) is 23.4. The van der Waals surface area contributed by atoms with E-state index in [4.69, 9.17) is 19.7 Å². The third-order valence-corrected chi connectivity index (χ3v) is 5.23. The first-order valence-corrected chi connectivity index (χ1v) is 13.2. The number of hydrogen-bond donors (Lipinski definition) is 2. The molecular weight excluding hydrogens is 496 g/mol. The zero-order chi connectivity index (χ0) is 29.5. The molecule has 0 amide bonds. The molecule has 0 aromatic rings. The Hall–Kier alpha value is -3.17. The Morgan fingerprint density at radius 3 is 1.47 bits per heavy atom. The predicted molar refractivity (Wildman–Crippen MR) is 142 cm³/mol. The third kappa shape index (κ3) is 23.2. The second kappa shape index (κ2) is 23.0. The van der Waals surface area contributed by atoms with Gasteiger partial charge < -0.3 is 24.4 Å². The summed E-state index contributed by atoms with van der Waals surface area (Å²) in [5, 5.41) is 16.9. The van der Waals surface area contributed by atoms with Gasteiger partial charge in [0.1, 0.15) is 0 Å². The van der Waals surface area contributed by atoms with Crippen LogP contribution in [0.5, 0.6) is 0 Å². The van der Waals surface area contributed by atoms with Crippen LogP contribution >= 0.6 is 0 Å². The number of unbranched alkanes of at least 4 members (excludes halogenated alkanes) is 6. The average Bonchev–Trinajstić information content (AvgIpc) is 2.83. The molecule has 0 aliphatic carbocycles. The van der Waals surface area contributed by atoms with Crippen molar-refractivity contribution in [3.8, 4) is 0 Å². The minimum Gasteiger partial charge on any atom is -0.479 e. The molecule has 10 nitrogen and oxygen atoms in total. The van der Waals surface area contributed by atoms with E-state index in [-0.39, 0.29) is 36.2 Å². The summed E-state index contributed by atoms with van der Waals surface area (Å²) in [7, 11) is 0. The molecule has 0 radical (unpaired) electrons. The first-order valence-electron chi connectivity index (χ1n) is 13.2. The lowest BCUT2D eigenvalue weighted by atomic mass is 10.1. The summed E-state index contributed by atoms with van der Waals surface area (Å²) in [5.41, 5.74) is -0.243. The molecule has 0 fully saturated rings. The smallest absolute Gasteiger partial charge is 0.341 e. The second-order valence-electron chi connectivity index (χ2n) is 9.14. The number of ether oxygens (including phenoxy) is 3. The quantitative estimate of drug-likeness (QED) is 0.0886. The van der Waals surface area contributed by atoms with Gasteiger partial charge in [-0.1, -0.05) is 65.5 Å². The minimum absolute atomic E-state index is 0.112. The summed E-state index contributed by atoms with van der Waals surface area (Å²) < 4.78 is 14.7. The summed E-state index contributed by atoms with van der Waals surface area (Å²) in [6, 6.07) is 0. The molecule has 0 saturated carbocycles. The molecule has 0 aliphatic rings. The Kier molecular flexibility index (Phi) is 22.4. The van der Waals surface area contributed by atoms with Crippen LogP contribution in [-0.4, -0.2) is 58.9 Å². The van der Waals surface area contributed by atoms with E-state index in [1.807, 2.05) is 6.92 Å². The van der Waals surface area contributed by atoms with Crippen LogP contribution in [0.15, 0.2) is 24.3 Å². The first kappa shape index (κ1) is 37.0. The summed E-state index contributed by atoms with van der Waals surface area (Å²) >= 11 is 0. The fraction of sp³-hybridized carbons (Fsp3) is 0.679. The maximum absolute atomic E-state index is 11.6. The maximum atomic E-state index is 11.6. The predicted octanol–water partition coefficient (Wildman–Crippen LogP) is 5.38. The van der Waals surface area contributed by atoms with Gasteiger partial charge in [0.05, 0.1) is 25.0 Å². The van der Waals surface area contributed by atoms with Crippen LogP contribution in [0, 0.1) is 0 Å². The molecular formula is C28H46O10. The lowest BCUT2D eigenvalue weighted by molar-refractivity contribution is -0.154. The molecule has 0 aromatic carbocycles. The van der Waals surface area contributed by atoms with Gasteiger partial charge in [-0.3, -0.25) is 9.59 Å². The molecule has 0 saturated heterocycles. The van der Waals surface area contributed by atoms with Gasteiger partial charge in [0.2, 0.25) is 0 Å². The largest absolute Gasteiger partial charge is 0.479 e. The van der Waals surface area contributed by atoms with E-state index in [1.165, 1.54) is 12.8 Å². The fourth-order valence-electron chi connectivity index (χ4n) is 3.09. The van der Waals surface area contributed by atoms with Crippen molar-refractivity contribution >= 4 is 29.8 Å². The molecule has 0 bridgehead atoms. The topological polar surface area (TPSA) is 154 Å². The van der Waals surface area contributed by atoms with Crippen LogP contribution in [0.4, 0.5) is 0 Å². The van der Waals surface area contributed by atoms with Crippen LogP contribution in [-0.2, 0) is 38.2 Å². The van der Waals surface area contributed by atoms with Crippen molar-refractivity contribution in [3.05, 3.63) is 24.3 Å². The Balaban J connectivity index is 0. The van der Waals surface area contributed by atoms with Crippen molar-refractivity contribution in [3.63, 3.8) is 0 Å². The molecule has 218 valence electrons. The van der Waals surface area contributed by atoms with Crippen molar-refractivity contribution in [1.82, 2.24) is 0 Å². The van der Waals surface area contributed by atoms with Crippen LogP contribution < -0.4 is 0 Å². The highest BCUT2D eigenvalue weighted by atomic mass is 16.6. The van der Waals surface area contributed by atoms with Crippen molar-refractivity contribution in [2.45, 2.75) is 117 Å². The number of rotatable bonds is 20. The normalized spacial score (nSPS) is 11.7. The van der Waals surface area contributed by atoms with Gasteiger partial charge in [0.15, 0.2) is 6.61 Å². The summed E-state index contributed by atoms with van der Waals surface area (Å²) in [6.45, 7) is 13.8. The Labute approximate surface area is 226 Å². The van der Waals surface area contributed by atoms with Gasteiger partial charge >= 0.3 is 29.8 Å². The number of carboxylic acid groups (broad SMARTS) is 2. The molecule has 38 heavy (non-hydrogen) atoms. The summed E-state index contributed by atoms with van der Waals surface area (Å²) in [6.07, 6.45) is 9.64. The molecule has 0 heterocycles. The van der Waals surface area contributed by atoms with Gasteiger partial charge in [-0.15, -0.1) is 0 Å². The average molecular weight is 543 g/mol. The lowest BCUT2D eigenvalue weighted by Crippen LogP contribution is -2.19. The van der Waals surface area contributed by atoms with Crippen molar-refractivity contribution in [2.24, 2.45) is 0 Å². The molecule has 0 rings (SSSR count). The number of carbonyl (C=O) groups is 5. The molecule has 2 atom stereocenters. The number of carbonyl (C=O) groups excluding carboxylic acids is 3. The van der Waals surface area contributed by atoms with E-state index in [1.54, 1.807) is 6.92 Å². The van der Waals surface area contributed by atoms with Crippen molar-refractivity contribution in [1.29, 1.82) is 0 Å². The monoisotopic (exact) mass is 542 g/mol. The lowest BCUT2D eigenvalue weighted by Gasteiger charge is -2.13. The summed E-state index contributed by atoms with van der Waals surface area (Å²) in [4.78, 5) is 54.9. The number of carboxylic acids is 2. The fourth-order valence-corrected chi connectivity index (χ4v) is 3.09. The minimum atomic E-state index is -1.26. The van der Waals surface area contributed by atoms with E-state index in [0.717, 1.165) is 51.4 Å². The van der Waals surface area contributed by atoms with Crippen LogP contribution in [0.25, 0.3) is 0 Å². The Morgan fingerprint density at radius 1 is 0.684 bits per heavy atom. The highest BCUT2D eigenvalue weighted by molar-refractivity contribution is 5.94. The number of aliphatic carboxylic acids is 2. The Bertz CT molecular complexity index is 772. The van der Waals surface area contributed by atoms with Crippen LogP contribution in [0.3, 0.4) is 0 Å². The standard InChI is InChI=1S/C15H24O6.C13H22O4/c1-4-5-6-7-8-12(3)21-14(18)9-11(2)15(19)20-10-13(16)17;1-4-5-6-7-8-11(3)17-12(14)9-10(2)13(15)16/h12H,2,4-10H2,1,3H3,(H,16,17);11H,2,4-9H2,1,3H3,(H,15,16)/t12-;11-/m11/s1. The zero-order valence-electron chi connectivity index (χ0n) is 23.4. The van der Waals surface area contributed by atoms with Crippen molar-refractivity contribution in [2.75, 3.05) is 6.61 Å². The van der Waals surface area contributed by atoms with Crippen LogP contribution in [0.2, 0.25) is 0 Å². The van der Waals surface area contributed by atoms with Crippen molar-refractivity contribution < 1.29 is 48.4 Å². The number of hydrogen-bond acceptors (Lipinski definition) is 8. The molecule has 10 heteroatoms. The molecule has 0 aliphatic heterocycles. The van der Waals surface area contributed by atoms with Gasteiger partial charge in [0.25, 0.3) is 0 Å². The Morgan fingerprint density at radius 2 is 1.11 bits per heavy atom. The van der Waals surface area contributed by atoms with E-state index < -0.39 is 36.5 Å². The highest BCUT2D eigenvalue weighted by Crippen LogP contribution is 2.11. The second-order valence-corrected chi connectivity index (χ2v) is 9.14. The molecule has 0 aromatic heterocycles.